The Balaban J connectivity index is 2.71. The van der Waals surface area contributed by atoms with Gasteiger partial charge < -0.3 is 10.1 Å². The molecule has 0 unspecified atom stereocenters. The lowest BCUT2D eigenvalue weighted by atomic mass is 9.67. The van der Waals surface area contributed by atoms with Gasteiger partial charge in [-0.2, -0.15) is 0 Å². The summed E-state index contributed by atoms with van der Waals surface area (Å²) in [6, 6.07) is 0. The monoisotopic (exact) mass is 269 g/mol. The first-order valence-electron chi connectivity index (χ1n) is 7.78. The first-order valence-corrected chi connectivity index (χ1v) is 7.78. The summed E-state index contributed by atoms with van der Waals surface area (Å²) >= 11 is 0. The van der Waals surface area contributed by atoms with Crippen molar-refractivity contribution in [3.05, 3.63) is 0 Å². The maximum Gasteiger partial charge on any atom is 0.326 e. The van der Waals surface area contributed by atoms with E-state index in [2.05, 4.69) is 33.0 Å². The molecule has 0 aliphatic heterocycles. The molecule has 0 aromatic heterocycles. The predicted molar refractivity (Wildman–Crippen MR) is 79.1 cm³/mol. The Hall–Kier alpha value is -0.570. The molecule has 1 aliphatic rings. The average Bonchev–Trinajstić information content (AvgIpc) is 2.36. The minimum Gasteiger partial charge on any atom is -0.465 e. The van der Waals surface area contributed by atoms with E-state index in [0.29, 0.717) is 17.9 Å². The minimum atomic E-state index is -0.423. The molecule has 3 nitrogen and oxygen atoms in total. The molecule has 0 saturated heterocycles. The van der Waals surface area contributed by atoms with Crippen molar-refractivity contribution in [3.8, 4) is 0 Å². The Bertz CT molecular complexity index is 286. The van der Waals surface area contributed by atoms with Crippen LogP contribution in [-0.2, 0) is 9.53 Å². The molecule has 19 heavy (non-hydrogen) atoms. The van der Waals surface area contributed by atoms with Crippen LogP contribution in [0.1, 0.15) is 66.7 Å². The number of hydrogen-bond acceptors (Lipinski definition) is 3. The summed E-state index contributed by atoms with van der Waals surface area (Å²) in [6.07, 6.45) is 5.09. The fourth-order valence-corrected chi connectivity index (χ4v) is 3.06. The van der Waals surface area contributed by atoms with Crippen LogP contribution < -0.4 is 5.32 Å². The van der Waals surface area contributed by atoms with E-state index >= 15 is 0 Å². The highest BCUT2D eigenvalue weighted by molar-refractivity contribution is 5.81. The van der Waals surface area contributed by atoms with Gasteiger partial charge in [-0.15, -0.1) is 0 Å². The lowest BCUT2D eigenvalue weighted by Crippen LogP contribution is -2.55. The van der Waals surface area contributed by atoms with Gasteiger partial charge in [0, 0.05) is 0 Å². The molecular weight excluding hydrogens is 238 g/mol. The summed E-state index contributed by atoms with van der Waals surface area (Å²) in [6.45, 7) is 12.3. The Labute approximate surface area is 118 Å². The number of carbonyl (C=O) groups excluding carboxylic acids is 1. The fraction of sp³-hybridized carbons (Fsp3) is 0.938. The largest absolute Gasteiger partial charge is 0.465 e. The van der Waals surface area contributed by atoms with Gasteiger partial charge in [0.2, 0.25) is 0 Å². The van der Waals surface area contributed by atoms with E-state index in [-0.39, 0.29) is 5.97 Å². The van der Waals surface area contributed by atoms with E-state index in [0.717, 1.165) is 38.6 Å². The number of ether oxygens (including phenoxy) is 1. The molecule has 1 saturated carbocycles. The van der Waals surface area contributed by atoms with Crippen molar-refractivity contribution in [2.45, 2.75) is 72.3 Å². The molecule has 1 fully saturated rings. The summed E-state index contributed by atoms with van der Waals surface area (Å²) < 4.78 is 5.30. The third-order valence-electron chi connectivity index (χ3n) is 4.44. The zero-order valence-electron chi connectivity index (χ0n) is 13.3. The molecule has 0 radical (unpaired) electrons. The SMILES string of the molecule is CCCNC1(C(=O)OCC)CCC(C(C)(C)C)CC1. The first kappa shape index (κ1) is 16.5. The summed E-state index contributed by atoms with van der Waals surface area (Å²) in [4.78, 5) is 12.3. The highest BCUT2D eigenvalue weighted by atomic mass is 16.5. The fourth-order valence-electron chi connectivity index (χ4n) is 3.06. The van der Waals surface area contributed by atoms with Crippen molar-refractivity contribution in [1.82, 2.24) is 5.32 Å². The molecule has 0 heterocycles. The summed E-state index contributed by atoms with van der Waals surface area (Å²) in [5.41, 5.74) is -0.0840. The van der Waals surface area contributed by atoms with Crippen LogP contribution in [0.25, 0.3) is 0 Å². The van der Waals surface area contributed by atoms with Gasteiger partial charge in [0.05, 0.1) is 6.61 Å². The van der Waals surface area contributed by atoms with Gasteiger partial charge in [0.1, 0.15) is 5.54 Å². The van der Waals surface area contributed by atoms with E-state index in [1.165, 1.54) is 0 Å². The van der Waals surface area contributed by atoms with Crippen LogP contribution in [0.2, 0.25) is 0 Å². The molecule has 0 aromatic carbocycles. The second-order valence-corrected chi connectivity index (χ2v) is 6.87. The van der Waals surface area contributed by atoms with Crippen molar-refractivity contribution >= 4 is 5.97 Å². The number of nitrogens with one attached hydrogen (secondary N) is 1. The topological polar surface area (TPSA) is 38.3 Å². The van der Waals surface area contributed by atoms with Crippen molar-refractivity contribution < 1.29 is 9.53 Å². The summed E-state index contributed by atoms with van der Waals surface area (Å²) in [7, 11) is 0. The van der Waals surface area contributed by atoms with E-state index in [4.69, 9.17) is 4.74 Å². The quantitative estimate of drug-likeness (QED) is 0.776. The molecule has 0 atom stereocenters. The van der Waals surface area contributed by atoms with Crippen molar-refractivity contribution in [1.29, 1.82) is 0 Å². The highest BCUT2D eigenvalue weighted by Gasteiger charge is 2.44. The normalized spacial score (nSPS) is 28.2. The second-order valence-electron chi connectivity index (χ2n) is 6.87. The average molecular weight is 269 g/mol. The molecule has 0 spiro atoms. The Morgan fingerprint density at radius 2 is 1.84 bits per heavy atom. The van der Waals surface area contributed by atoms with Crippen LogP contribution in [-0.4, -0.2) is 24.7 Å². The van der Waals surface area contributed by atoms with Gasteiger partial charge in [-0.25, -0.2) is 0 Å². The summed E-state index contributed by atoms with van der Waals surface area (Å²) in [5.74, 6) is 0.661. The number of carbonyl (C=O) groups is 1. The smallest absolute Gasteiger partial charge is 0.326 e. The number of esters is 1. The van der Waals surface area contributed by atoms with E-state index in [1.54, 1.807) is 0 Å². The zero-order valence-corrected chi connectivity index (χ0v) is 13.3. The van der Waals surface area contributed by atoms with Crippen molar-refractivity contribution in [3.63, 3.8) is 0 Å². The van der Waals surface area contributed by atoms with Gasteiger partial charge in [-0.05, 0) is 56.9 Å². The lowest BCUT2D eigenvalue weighted by molar-refractivity contribution is -0.153. The van der Waals surface area contributed by atoms with Gasteiger partial charge >= 0.3 is 5.97 Å². The van der Waals surface area contributed by atoms with Crippen LogP contribution in [0.3, 0.4) is 0 Å². The van der Waals surface area contributed by atoms with E-state index in [1.807, 2.05) is 6.92 Å². The van der Waals surface area contributed by atoms with Crippen molar-refractivity contribution in [2.24, 2.45) is 11.3 Å². The third kappa shape index (κ3) is 4.20. The molecule has 0 amide bonds. The van der Waals surface area contributed by atoms with Gasteiger partial charge in [-0.3, -0.25) is 4.79 Å². The zero-order chi connectivity index (χ0) is 14.5. The summed E-state index contributed by atoms with van der Waals surface area (Å²) in [5, 5.41) is 3.47. The maximum atomic E-state index is 12.3. The van der Waals surface area contributed by atoms with E-state index in [9.17, 15) is 4.79 Å². The number of rotatable bonds is 5. The van der Waals surface area contributed by atoms with Gasteiger partial charge in [-0.1, -0.05) is 27.7 Å². The second kappa shape index (κ2) is 6.74. The van der Waals surface area contributed by atoms with Crippen LogP contribution in [0.5, 0.6) is 0 Å². The lowest BCUT2D eigenvalue weighted by Gasteiger charge is -2.43. The maximum absolute atomic E-state index is 12.3. The molecule has 1 N–H and O–H groups in total. The molecular formula is C16H31NO2. The van der Waals surface area contributed by atoms with Gasteiger partial charge in [0.25, 0.3) is 0 Å². The van der Waals surface area contributed by atoms with Gasteiger partial charge in [0.15, 0.2) is 0 Å². The first-order chi connectivity index (χ1) is 8.85. The molecule has 0 aromatic rings. The van der Waals surface area contributed by atoms with E-state index < -0.39 is 5.54 Å². The molecule has 1 rings (SSSR count). The molecule has 112 valence electrons. The number of hydrogen-bond donors (Lipinski definition) is 1. The molecule has 0 bridgehead atoms. The van der Waals surface area contributed by atoms with Crippen LogP contribution in [0.4, 0.5) is 0 Å². The highest BCUT2D eigenvalue weighted by Crippen LogP contribution is 2.41. The third-order valence-corrected chi connectivity index (χ3v) is 4.44. The Morgan fingerprint density at radius 1 is 1.26 bits per heavy atom. The predicted octanol–water partition coefficient (Wildman–Crippen LogP) is 3.52. The van der Waals surface area contributed by atoms with Crippen LogP contribution in [0.15, 0.2) is 0 Å². The molecule has 3 heteroatoms. The minimum absolute atomic E-state index is 0.0455. The van der Waals surface area contributed by atoms with Crippen LogP contribution in [0, 0.1) is 11.3 Å². The Kier molecular flexibility index (Phi) is 5.84. The van der Waals surface area contributed by atoms with Crippen molar-refractivity contribution in [2.75, 3.05) is 13.2 Å². The molecule has 1 aliphatic carbocycles. The standard InChI is InChI=1S/C16H31NO2/c1-6-12-17-16(14(18)19-7-2)10-8-13(9-11-16)15(3,4)5/h13,17H,6-12H2,1-5H3. The Morgan fingerprint density at radius 3 is 2.26 bits per heavy atom. The van der Waals surface area contributed by atoms with Crippen LogP contribution >= 0.6 is 0 Å².